The number of thiazole rings is 1. The number of rotatable bonds is 6. The van der Waals surface area contributed by atoms with Gasteiger partial charge in [-0.05, 0) is 24.1 Å². The molecular weight excluding hydrogens is 388 g/mol. The number of hydrogen-bond donors (Lipinski definition) is 2. The summed E-state index contributed by atoms with van der Waals surface area (Å²) >= 11 is 5.16. The Balaban J connectivity index is 1.92. The number of halogens is 1. The first-order valence-corrected chi connectivity index (χ1v) is 9.42. The van der Waals surface area contributed by atoms with Crippen LogP contribution in [0, 0.1) is 0 Å². The van der Waals surface area contributed by atoms with Crippen molar-refractivity contribution in [3.05, 3.63) is 44.3 Å². The third-order valence-corrected chi connectivity index (χ3v) is 4.84. The van der Waals surface area contributed by atoms with E-state index in [9.17, 15) is 0 Å². The van der Waals surface area contributed by atoms with Gasteiger partial charge in [0.1, 0.15) is 10.8 Å². The topological polar surface area (TPSA) is 58.5 Å². The van der Waals surface area contributed by atoms with Crippen LogP contribution < -0.4 is 15.4 Å². The van der Waals surface area contributed by atoms with Crippen molar-refractivity contribution < 1.29 is 4.74 Å². The molecule has 24 heavy (non-hydrogen) atoms. The largest absolute Gasteiger partial charge is 0.496 e. The highest BCUT2D eigenvalue weighted by atomic mass is 79.9. The highest BCUT2D eigenvalue weighted by Gasteiger charge is 2.08. The first kappa shape index (κ1) is 18.7. The number of methoxy groups -OCH3 is 1. The Morgan fingerprint density at radius 2 is 2.08 bits per heavy atom. The molecule has 0 amide bonds. The third kappa shape index (κ3) is 5.21. The van der Waals surface area contributed by atoms with Crippen LogP contribution in [0.3, 0.4) is 0 Å². The summed E-state index contributed by atoms with van der Waals surface area (Å²) in [6.45, 7) is 5.58. The van der Waals surface area contributed by atoms with Crippen LogP contribution in [0.5, 0.6) is 5.75 Å². The van der Waals surface area contributed by atoms with Crippen molar-refractivity contribution in [3.63, 3.8) is 0 Å². The minimum Gasteiger partial charge on any atom is -0.496 e. The smallest absolute Gasteiger partial charge is 0.191 e. The van der Waals surface area contributed by atoms with E-state index in [1.165, 1.54) is 0 Å². The van der Waals surface area contributed by atoms with Gasteiger partial charge in [-0.15, -0.1) is 11.3 Å². The van der Waals surface area contributed by atoms with Gasteiger partial charge in [0.15, 0.2) is 5.96 Å². The summed E-state index contributed by atoms with van der Waals surface area (Å²) in [6, 6.07) is 5.94. The van der Waals surface area contributed by atoms with Gasteiger partial charge >= 0.3 is 0 Å². The highest BCUT2D eigenvalue weighted by Crippen LogP contribution is 2.22. The Labute approximate surface area is 155 Å². The van der Waals surface area contributed by atoms with Crippen LogP contribution in [0.25, 0.3) is 0 Å². The zero-order valence-electron chi connectivity index (χ0n) is 14.4. The summed E-state index contributed by atoms with van der Waals surface area (Å²) < 4.78 is 6.41. The van der Waals surface area contributed by atoms with E-state index in [0.717, 1.165) is 32.4 Å². The Bertz CT molecular complexity index is 700. The molecule has 5 nitrogen and oxygen atoms in total. The molecule has 1 heterocycles. The number of nitrogens with one attached hydrogen (secondary N) is 2. The fourth-order valence-corrected chi connectivity index (χ4v) is 3.42. The van der Waals surface area contributed by atoms with Crippen molar-refractivity contribution in [3.8, 4) is 5.75 Å². The minimum atomic E-state index is 0.455. The maximum absolute atomic E-state index is 5.39. The molecule has 1 aromatic heterocycles. The Kier molecular flexibility index (Phi) is 7.05. The summed E-state index contributed by atoms with van der Waals surface area (Å²) in [6.07, 6.45) is 0. The molecule has 0 fully saturated rings. The van der Waals surface area contributed by atoms with Gasteiger partial charge in [-0.3, -0.25) is 4.99 Å². The molecule has 130 valence electrons. The second-order valence-electron chi connectivity index (χ2n) is 5.56. The van der Waals surface area contributed by atoms with Crippen LogP contribution in [0.15, 0.2) is 33.0 Å². The second-order valence-corrected chi connectivity index (χ2v) is 7.41. The minimum absolute atomic E-state index is 0.455. The molecule has 0 aliphatic rings. The highest BCUT2D eigenvalue weighted by molar-refractivity contribution is 9.10. The molecule has 2 N–H and O–H groups in total. The number of ether oxygens (including phenoxy) is 1. The van der Waals surface area contributed by atoms with Crippen LogP contribution in [0.4, 0.5) is 0 Å². The zero-order chi connectivity index (χ0) is 17.5. The van der Waals surface area contributed by atoms with Crippen LogP contribution in [-0.2, 0) is 13.1 Å². The zero-order valence-corrected chi connectivity index (χ0v) is 16.8. The van der Waals surface area contributed by atoms with E-state index in [2.05, 4.69) is 55.8 Å². The predicted molar refractivity (Wildman–Crippen MR) is 104 cm³/mol. The summed E-state index contributed by atoms with van der Waals surface area (Å²) in [4.78, 5) is 8.88. The number of nitrogens with zero attached hydrogens (tertiary/aromatic N) is 2. The SMILES string of the molecule is CN=C(NCc1nc(C(C)C)cs1)NCc1cc(Br)ccc1OC. The quantitative estimate of drug-likeness (QED) is 0.559. The van der Waals surface area contributed by atoms with E-state index >= 15 is 0 Å². The molecular formula is C17H23BrN4OS. The first-order chi connectivity index (χ1) is 11.5. The van der Waals surface area contributed by atoms with Gasteiger partial charge in [0.25, 0.3) is 0 Å². The van der Waals surface area contributed by atoms with Gasteiger partial charge in [-0.25, -0.2) is 4.98 Å². The monoisotopic (exact) mass is 410 g/mol. The lowest BCUT2D eigenvalue weighted by Gasteiger charge is -2.13. The van der Waals surface area contributed by atoms with Crippen LogP contribution in [0.2, 0.25) is 0 Å². The van der Waals surface area contributed by atoms with E-state index in [-0.39, 0.29) is 0 Å². The van der Waals surface area contributed by atoms with Crippen LogP contribution >= 0.6 is 27.3 Å². The molecule has 1 aromatic carbocycles. The van der Waals surface area contributed by atoms with Crippen molar-refractivity contribution in [2.24, 2.45) is 4.99 Å². The molecule has 2 aromatic rings. The van der Waals surface area contributed by atoms with Gasteiger partial charge in [-0.1, -0.05) is 29.8 Å². The van der Waals surface area contributed by atoms with Crippen molar-refractivity contribution in [2.75, 3.05) is 14.2 Å². The molecule has 2 rings (SSSR count). The molecule has 0 saturated carbocycles. The van der Waals surface area contributed by atoms with Crippen molar-refractivity contribution in [2.45, 2.75) is 32.9 Å². The summed E-state index contributed by atoms with van der Waals surface area (Å²) in [5, 5.41) is 9.77. The van der Waals surface area contributed by atoms with Crippen molar-refractivity contribution in [1.29, 1.82) is 0 Å². The first-order valence-electron chi connectivity index (χ1n) is 7.74. The standard InChI is InChI=1S/C17H23BrN4OS/c1-11(2)14-10-24-16(22-14)9-21-17(19-3)20-8-12-7-13(18)5-6-15(12)23-4/h5-7,10-11H,8-9H2,1-4H3,(H2,19,20,21). The van der Waals surface area contributed by atoms with E-state index < -0.39 is 0 Å². The molecule has 0 spiro atoms. The summed E-state index contributed by atoms with van der Waals surface area (Å²) in [5.41, 5.74) is 2.20. The third-order valence-electron chi connectivity index (χ3n) is 3.48. The van der Waals surface area contributed by atoms with Gasteiger partial charge in [0.05, 0.1) is 19.3 Å². The average Bonchev–Trinajstić information content (AvgIpc) is 3.04. The van der Waals surface area contributed by atoms with Gasteiger partial charge in [0, 0.05) is 29.0 Å². The van der Waals surface area contributed by atoms with E-state index in [0.29, 0.717) is 19.0 Å². The van der Waals surface area contributed by atoms with Gasteiger partial charge < -0.3 is 15.4 Å². The van der Waals surface area contributed by atoms with Crippen molar-refractivity contribution in [1.82, 2.24) is 15.6 Å². The Hall–Kier alpha value is -1.60. The molecule has 0 aliphatic carbocycles. The second kappa shape index (κ2) is 9.03. The molecule has 0 unspecified atom stereocenters. The lowest BCUT2D eigenvalue weighted by atomic mass is 10.2. The molecule has 0 radical (unpaired) electrons. The maximum Gasteiger partial charge on any atom is 0.191 e. The maximum atomic E-state index is 5.39. The Morgan fingerprint density at radius 3 is 2.71 bits per heavy atom. The van der Waals surface area contributed by atoms with Gasteiger partial charge in [0.2, 0.25) is 0 Å². The van der Waals surface area contributed by atoms with E-state index in [1.54, 1.807) is 25.5 Å². The fraction of sp³-hybridized carbons (Fsp3) is 0.412. The van der Waals surface area contributed by atoms with Crippen LogP contribution in [0.1, 0.15) is 36.0 Å². The van der Waals surface area contributed by atoms with Gasteiger partial charge in [-0.2, -0.15) is 0 Å². The number of guanidine groups is 1. The number of hydrogen-bond acceptors (Lipinski definition) is 4. The molecule has 0 saturated heterocycles. The number of benzene rings is 1. The number of aliphatic imine (C=N–C) groups is 1. The summed E-state index contributed by atoms with van der Waals surface area (Å²) in [7, 11) is 3.43. The van der Waals surface area contributed by atoms with Crippen LogP contribution in [-0.4, -0.2) is 25.1 Å². The normalized spacial score (nSPS) is 11.7. The lowest BCUT2D eigenvalue weighted by molar-refractivity contribution is 0.409. The molecule has 0 bridgehead atoms. The molecule has 0 aliphatic heterocycles. The number of aromatic nitrogens is 1. The molecule has 0 atom stereocenters. The van der Waals surface area contributed by atoms with E-state index in [4.69, 9.17) is 4.74 Å². The summed E-state index contributed by atoms with van der Waals surface area (Å²) in [5.74, 6) is 2.04. The molecule has 7 heteroatoms. The van der Waals surface area contributed by atoms with E-state index in [1.807, 2.05) is 18.2 Å². The predicted octanol–water partition coefficient (Wildman–Crippen LogP) is 3.90. The average molecular weight is 411 g/mol. The lowest BCUT2D eigenvalue weighted by Crippen LogP contribution is -2.36. The fourth-order valence-electron chi connectivity index (χ4n) is 2.12. The van der Waals surface area contributed by atoms with Crippen molar-refractivity contribution >= 4 is 33.2 Å². The Morgan fingerprint density at radius 1 is 1.33 bits per heavy atom.